The molecule has 0 spiro atoms. The molecule has 0 aliphatic rings. The fourth-order valence-electron chi connectivity index (χ4n) is 2.19. The zero-order valence-electron chi connectivity index (χ0n) is 13.1. The van der Waals surface area contributed by atoms with E-state index in [4.69, 9.17) is 5.84 Å². The van der Waals surface area contributed by atoms with Crippen molar-refractivity contribution < 1.29 is 8.42 Å². The second-order valence-electron chi connectivity index (χ2n) is 5.88. The zero-order chi connectivity index (χ0) is 16.0. The maximum atomic E-state index is 12.4. The summed E-state index contributed by atoms with van der Waals surface area (Å²) in [7, 11) is 0.347. The molecule has 0 fully saturated rings. The summed E-state index contributed by atoms with van der Waals surface area (Å²) in [5.41, 5.74) is 3.14. The summed E-state index contributed by atoms with van der Waals surface area (Å²) in [6.07, 6.45) is 0.792. The molecule has 7 heteroatoms. The Morgan fingerprint density at radius 3 is 2.19 bits per heavy atom. The Balaban J connectivity index is 2.88. The number of benzene rings is 1. The van der Waals surface area contributed by atoms with Crippen LogP contribution in [0.1, 0.15) is 20.3 Å². The standard InChI is InChI=1S/C14H26N4O2S/c1-11(2)9-13(10-18(3)4)17-21(19,20)14-7-5-12(16-15)6-8-14/h5-8,11,13,16-17H,9-10,15H2,1-4H3. The summed E-state index contributed by atoms with van der Waals surface area (Å²) >= 11 is 0. The van der Waals surface area contributed by atoms with Crippen LogP contribution in [-0.4, -0.2) is 40.0 Å². The Kier molecular flexibility index (Phi) is 6.60. The smallest absolute Gasteiger partial charge is 0.240 e. The number of hydrazine groups is 1. The number of nitrogens with two attached hydrogens (primary N) is 1. The van der Waals surface area contributed by atoms with Crippen LogP contribution < -0.4 is 16.0 Å². The van der Waals surface area contributed by atoms with Gasteiger partial charge in [0.2, 0.25) is 10.0 Å². The molecule has 120 valence electrons. The molecule has 0 radical (unpaired) electrons. The van der Waals surface area contributed by atoms with Gasteiger partial charge in [-0.3, -0.25) is 5.84 Å². The highest BCUT2D eigenvalue weighted by molar-refractivity contribution is 7.89. The minimum absolute atomic E-state index is 0.114. The van der Waals surface area contributed by atoms with Crippen LogP contribution in [0.5, 0.6) is 0 Å². The third kappa shape index (κ3) is 6.01. The van der Waals surface area contributed by atoms with Gasteiger partial charge in [0.15, 0.2) is 0 Å². The minimum atomic E-state index is -3.52. The first-order chi connectivity index (χ1) is 9.74. The third-order valence-corrected chi connectivity index (χ3v) is 4.53. The number of hydrogen-bond donors (Lipinski definition) is 3. The molecule has 0 saturated carbocycles. The van der Waals surface area contributed by atoms with E-state index in [0.29, 0.717) is 18.2 Å². The Labute approximate surface area is 127 Å². The quantitative estimate of drug-likeness (QED) is 0.496. The molecule has 6 nitrogen and oxygen atoms in total. The number of anilines is 1. The molecule has 1 unspecified atom stereocenters. The van der Waals surface area contributed by atoms with Gasteiger partial charge in [0, 0.05) is 18.3 Å². The molecule has 0 bridgehead atoms. The van der Waals surface area contributed by atoms with Crippen LogP contribution in [0, 0.1) is 5.92 Å². The van der Waals surface area contributed by atoms with Crippen LogP contribution in [0.2, 0.25) is 0 Å². The predicted octanol–water partition coefficient (Wildman–Crippen LogP) is 1.23. The number of rotatable bonds is 8. The van der Waals surface area contributed by atoms with Gasteiger partial charge in [-0.1, -0.05) is 13.8 Å². The van der Waals surface area contributed by atoms with Crippen LogP contribution >= 0.6 is 0 Å². The van der Waals surface area contributed by atoms with Crippen molar-refractivity contribution in [3.8, 4) is 0 Å². The van der Waals surface area contributed by atoms with Gasteiger partial charge in [-0.05, 0) is 50.7 Å². The van der Waals surface area contributed by atoms with Gasteiger partial charge in [0.05, 0.1) is 4.90 Å². The number of hydrogen-bond acceptors (Lipinski definition) is 5. The van der Waals surface area contributed by atoms with Gasteiger partial charge in [0.1, 0.15) is 0 Å². The van der Waals surface area contributed by atoms with Crippen molar-refractivity contribution in [3.05, 3.63) is 24.3 Å². The monoisotopic (exact) mass is 314 g/mol. The van der Waals surface area contributed by atoms with Crippen LogP contribution in [-0.2, 0) is 10.0 Å². The number of sulfonamides is 1. The zero-order valence-corrected chi connectivity index (χ0v) is 13.9. The van der Waals surface area contributed by atoms with Crippen LogP contribution in [0.3, 0.4) is 0 Å². The maximum Gasteiger partial charge on any atom is 0.240 e. The van der Waals surface area contributed by atoms with E-state index in [2.05, 4.69) is 24.0 Å². The van der Waals surface area contributed by atoms with Crippen molar-refractivity contribution in [1.82, 2.24) is 9.62 Å². The molecular formula is C14H26N4O2S. The third-order valence-electron chi connectivity index (χ3n) is 2.99. The lowest BCUT2D eigenvalue weighted by atomic mass is 10.0. The van der Waals surface area contributed by atoms with Gasteiger partial charge in [0.25, 0.3) is 0 Å². The minimum Gasteiger partial charge on any atom is -0.324 e. The summed E-state index contributed by atoms with van der Waals surface area (Å²) in [5.74, 6) is 5.70. The Bertz CT molecular complexity index is 516. The highest BCUT2D eigenvalue weighted by Gasteiger charge is 2.21. The Morgan fingerprint density at radius 1 is 1.19 bits per heavy atom. The van der Waals surface area contributed by atoms with Gasteiger partial charge in [-0.2, -0.15) is 0 Å². The number of likely N-dealkylation sites (N-methyl/N-ethyl adjacent to an activating group) is 1. The molecule has 21 heavy (non-hydrogen) atoms. The molecule has 1 aromatic rings. The summed E-state index contributed by atoms with van der Waals surface area (Å²) in [6.45, 7) is 4.83. The summed E-state index contributed by atoms with van der Waals surface area (Å²) in [6, 6.07) is 6.24. The van der Waals surface area contributed by atoms with Crippen LogP contribution in [0.4, 0.5) is 5.69 Å². The second kappa shape index (κ2) is 7.74. The molecular weight excluding hydrogens is 288 g/mol. The number of nitrogens with one attached hydrogen (secondary N) is 2. The molecule has 1 rings (SSSR count). The van der Waals surface area contributed by atoms with Crippen molar-refractivity contribution in [2.24, 2.45) is 11.8 Å². The van der Waals surface area contributed by atoms with Gasteiger partial charge in [-0.15, -0.1) is 0 Å². The Hall–Kier alpha value is -1.15. The molecule has 0 saturated heterocycles. The first-order valence-electron chi connectivity index (χ1n) is 6.98. The van der Waals surface area contributed by atoms with E-state index < -0.39 is 10.0 Å². The van der Waals surface area contributed by atoms with Crippen molar-refractivity contribution in [3.63, 3.8) is 0 Å². The normalized spacial score (nSPS) is 13.7. The van der Waals surface area contributed by atoms with Crippen LogP contribution in [0.15, 0.2) is 29.2 Å². The molecule has 0 aliphatic carbocycles. The highest BCUT2D eigenvalue weighted by Crippen LogP contribution is 2.15. The van der Waals surface area contributed by atoms with E-state index in [1.54, 1.807) is 24.3 Å². The van der Waals surface area contributed by atoms with Crippen molar-refractivity contribution in [2.45, 2.75) is 31.2 Å². The molecule has 4 N–H and O–H groups in total. The van der Waals surface area contributed by atoms with Gasteiger partial charge in [-0.25, -0.2) is 13.1 Å². The summed E-state index contributed by atoms with van der Waals surface area (Å²) in [5, 5.41) is 0. The molecule has 0 heterocycles. The van der Waals surface area contributed by atoms with E-state index >= 15 is 0 Å². The summed E-state index contributed by atoms with van der Waals surface area (Å²) < 4.78 is 27.6. The lowest BCUT2D eigenvalue weighted by Gasteiger charge is -2.23. The lowest BCUT2D eigenvalue weighted by Crippen LogP contribution is -2.42. The van der Waals surface area contributed by atoms with E-state index in [1.807, 2.05) is 19.0 Å². The first-order valence-corrected chi connectivity index (χ1v) is 8.46. The van der Waals surface area contributed by atoms with Crippen molar-refractivity contribution in [1.29, 1.82) is 0 Å². The highest BCUT2D eigenvalue weighted by atomic mass is 32.2. The van der Waals surface area contributed by atoms with Crippen LogP contribution in [0.25, 0.3) is 0 Å². The van der Waals surface area contributed by atoms with E-state index in [9.17, 15) is 8.42 Å². The van der Waals surface area contributed by atoms with Gasteiger partial charge >= 0.3 is 0 Å². The maximum absolute atomic E-state index is 12.4. The first kappa shape index (κ1) is 17.9. The van der Waals surface area contributed by atoms with Gasteiger partial charge < -0.3 is 10.3 Å². The van der Waals surface area contributed by atoms with E-state index in [-0.39, 0.29) is 10.9 Å². The van der Waals surface area contributed by atoms with Crippen molar-refractivity contribution in [2.75, 3.05) is 26.1 Å². The second-order valence-corrected chi connectivity index (χ2v) is 7.59. The fraction of sp³-hybridized carbons (Fsp3) is 0.571. The van der Waals surface area contributed by atoms with E-state index in [1.165, 1.54) is 0 Å². The topological polar surface area (TPSA) is 87.5 Å². The fourth-order valence-corrected chi connectivity index (χ4v) is 3.43. The SMILES string of the molecule is CC(C)CC(CN(C)C)NS(=O)(=O)c1ccc(NN)cc1. The molecule has 1 atom stereocenters. The average molecular weight is 314 g/mol. The number of nitrogens with zero attached hydrogens (tertiary/aromatic N) is 1. The number of nitrogen functional groups attached to an aromatic ring is 1. The molecule has 0 amide bonds. The molecule has 1 aromatic carbocycles. The average Bonchev–Trinajstić information content (AvgIpc) is 2.36. The Morgan fingerprint density at radius 2 is 1.76 bits per heavy atom. The largest absolute Gasteiger partial charge is 0.324 e. The van der Waals surface area contributed by atoms with Crippen molar-refractivity contribution >= 4 is 15.7 Å². The molecule has 0 aliphatic heterocycles. The summed E-state index contributed by atoms with van der Waals surface area (Å²) in [4.78, 5) is 2.23. The molecule has 0 aromatic heterocycles. The predicted molar refractivity (Wildman–Crippen MR) is 86.4 cm³/mol. The van der Waals surface area contributed by atoms with E-state index in [0.717, 1.165) is 6.42 Å². The lowest BCUT2D eigenvalue weighted by molar-refractivity contribution is 0.329.